The van der Waals surface area contributed by atoms with E-state index in [1.165, 1.54) is 0 Å². The highest BCUT2D eigenvalue weighted by atomic mass is 16.1. The van der Waals surface area contributed by atoms with Gasteiger partial charge in [0.05, 0.1) is 11.4 Å². The molecule has 1 aromatic rings. The zero-order valence-corrected chi connectivity index (χ0v) is 13.2. The zero-order valence-electron chi connectivity index (χ0n) is 13.2. The lowest BCUT2D eigenvalue weighted by atomic mass is 9.81. The van der Waals surface area contributed by atoms with E-state index in [1.54, 1.807) is 12.1 Å². The van der Waals surface area contributed by atoms with Gasteiger partial charge in [0.2, 0.25) is 0 Å². The van der Waals surface area contributed by atoms with Gasteiger partial charge in [-0.15, -0.1) is 0 Å². The summed E-state index contributed by atoms with van der Waals surface area (Å²) in [4.78, 5) is 11.8. The number of nitrogens with one attached hydrogen (secondary N) is 2. The molecule has 0 aliphatic rings. The van der Waals surface area contributed by atoms with Gasteiger partial charge in [-0.3, -0.25) is 4.79 Å². The third-order valence-corrected chi connectivity index (χ3v) is 3.95. The minimum absolute atomic E-state index is 0.0707. The number of hydrogen-bond acceptors (Lipinski definition) is 3. The molecule has 4 N–H and O–H groups in total. The van der Waals surface area contributed by atoms with Gasteiger partial charge in [0.25, 0.3) is 5.91 Å². The topological polar surface area (TPSA) is 67.2 Å². The Hall–Kier alpha value is -1.71. The average Bonchev–Trinajstić information content (AvgIpc) is 2.37. The lowest BCUT2D eigenvalue weighted by Gasteiger charge is -2.30. The smallest absolute Gasteiger partial charge is 0.251 e. The number of nitrogens with two attached hydrogens (primary N) is 1. The fourth-order valence-electron chi connectivity index (χ4n) is 1.64. The van der Waals surface area contributed by atoms with Gasteiger partial charge in [-0.05, 0) is 36.5 Å². The van der Waals surface area contributed by atoms with Gasteiger partial charge in [-0.2, -0.15) is 0 Å². The maximum atomic E-state index is 11.8. The summed E-state index contributed by atoms with van der Waals surface area (Å²) in [5.74, 6) is 0.487. The Kier molecular flexibility index (Phi) is 5.43. The molecule has 4 nitrogen and oxygen atoms in total. The van der Waals surface area contributed by atoms with Crippen molar-refractivity contribution in [2.24, 2.45) is 11.3 Å². The number of hydrogen-bond donors (Lipinski definition) is 3. The minimum atomic E-state index is -0.0707. The van der Waals surface area contributed by atoms with E-state index in [2.05, 4.69) is 38.3 Å². The SMILES string of the molecule is CCNC(=O)c1ccc(N)c(NCC(C)(C)C(C)C)c1. The number of benzene rings is 1. The summed E-state index contributed by atoms with van der Waals surface area (Å²) in [5, 5.41) is 6.16. The van der Waals surface area contributed by atoms with Crippen molar-refractivity contribution in [2.75, 3.05) is 24.1 Å². The molecule has 1 aromatic carbocycles. The van der Waals surface area contributed by atoms with Crippen LogP contribution >= 0.6 is 0 Å². The summed E-state index contributed by atoms with van der Waals surface area (Å²) in [6.07, 6.45) is 0. The van der Waals surface area contributed by atoms with Crippen molar-refractivity contribution < 1.29 is 4.79 Å². The molecule has 112 valence electrons. The Morgan fingerprint density at radius 2 is 2.00 bits per heavy atom. The van der Waals surface area contributed by atoms with E-state index in [0.717, 1.165) is 12.2 Å². The van der Waals surface area contributed by atoms with Crippen LogP contribution in [-0.4, -0.2) is 19.0 Å². The normalized spacial score (nSPS) is 11.5. The number of carbonyl (C=O) groups excluding carboxylic acids is 1. The maximum absolute atomic E-state index is 11.8. The van der Waals surface area contributed by atoms with Crippen molar-refractivity contribution in [3.05, 3.63) is 23.8 Å². The standard InChI is InChI=1S/C16H27N3O/c1-6-18-15(20)12-7-8-13(17)14(9-12)19-10-16(4,5)11(2)3/h7-9,11,19H,6,10,17H2,1-5H3,(H,18,20). The van der Waals surface area contributed by atoms with Crippen LogP contribution in [0.15, 0.2) is 18.2 Å². The van der Waals surface area contributed by atoms with Gasteiger partial charge in [0, 0.05) is 18.7 Å². The van der Waals surface area contributed by atoms with E-state index < -0.39 is 0 Å². The second-order valence-electron chi connectivity index (χ2n) is 6.16. The van der Waals surface area contributed by atoms with Crippen molar-refractivity contribution in [3.63, 3.8) is 0 Å². The first-order valence-corrected chi connectivity index (χ1v) is 7.19. The van der Waals surface area contributed by atoms with E-state index in [4.69, 9.17) is 5.73 Å². The molecule has 0 aliphatic carbocycles. The van der Waals surface area contributed by atoms with Crippen LogP contribution in [0.25, 0.3) is 0 Å². The van der Waals surface area contributed by atoms with Crippen LogP contribution < -0.4 is 16.4 Å². The van der Waals surface area contributed by atoms with Crippen molar-refractivity contribution in [1.82, 2.24) is 5.32 Å². The quantitative estimate of drug-likeness (QED) is 0.700. The summed E-state index contributed by atoms with van der Waals surface area (Å²) >= 11 is 0. The van der Waals surface area contributed by atoms with Gasteiger partial charge in [-0.1, -0.05) is 27.7 Å². The molecule has 20 heavy (non-hydrogen) atoms. The highest BCUT2D eigenvalue weighted by Crippen LogP contribution is 2.28. The average molecular weight is 277 g/mol. The summed E-state index contributed by atoms with van der Waals surface area (Å²) in [5.41, 5.74) is 8.25. The third kappa shape index (κ3) is 4.15. The van der Waals surface area contributed by atoms with Crippen LogP contribution in [-0.2, 0) is 0 Å². The molecule has 0 saturated heterocycles. The first-order valence-electron chi connectivity index (χ1n) is 7.19. The van der Waals surface area contributed by atoms with Gasteiger partial charge in [0.15, 0.2) is 0 Å². The number of carbonyl (C=O) groups is 1. The molecule has 0 bridgehead atoms. The molecule has 1 amide bonds. The van der Waals surface area contributed by atoms with Gasteiger partial charge in [-0.25, -0.2) is 0 Å². The Morgan fingerprint density at radius 1 is 1.35 bits per heavy atom. The Balaban J connectivity index is 2.85. The monoisotopic (exact) mass is 277 g/mol. The van der Waals surface area contributed by atoms with E-state index in [1.807, 2.05) is 13.0 Å². The Morgan fingerprint density at radius 3 is 2.55 bits per heavy atom. The van der Waals surface area contributed by atoms with Crippen LogP contribution in [0.2, 0.25) is 0 Å². The molecule has 4 heteroatoms. The summed E-state index contributed by atoms with van der Waals surface area (Å²) in [6.45, 7) is 12.2. The fraction of sp³-hybridized carbons (Fsp3) is 0.562. The maximum Gasteiger partial charge on any atom is 0.251 e. The van der Waals surface area contributed by atoms with E-state index in [0.29, 0.717) is 23.7 Å². The summed E-state index contributed by atoms with van der Waals surface area (Å²) in [7, 11) is 0. The highest BCUT2D eigenvalue weighted by molar-refractivity contribution is 5.96. The number of rotatable bonds is 6. The highest BCUT2D eigenvalue weighted by Gasteiger charge is 2.22. The van der Waals surface area contributed by atoms with Crippen molar-refractivity contribution in [1.29, 1.82) is 0 Å². The number of amides is 1. The van der Waals surface area contributed by atoms with Crippen molar-refractivity contribution in [2.45, 2.75) is 34.6 Å². The molecule has 0 heterocycles. The molecule has 0 radical (unpaired) electrons. The molecule has 0 spiro atoms. The summed E-state index contributed by atoms with van der Waals surface area (Å²) < 4.78 is 0. The zero-order chi connectivity index (χ0) is 15.3. The lowest BCUT2D eigenvalue weighted by Crippen LogP contribution is -2.29. The second kappa shape index (κ2) is 6.64. The molecule has 0 fully saturated rings. The molecular weight excluding hydrogens is 250 g/mol. The first-order chi connectivity index (χ1) is 9.27. The van der Waals surface area contributed by atoms with E-state index >= 15 is 0 Å². The van der Waals surface area contributed by atoms with Crippen LogP contribution in [0.3, 0.4) is 0 Å². The lowest BCUT2D eigenvalue weighted by molar-refractivity contribution is 0.0956. The van der Waals surface area contributed by atoms with Gasteiger partial charge < -0.3 is 16.4 Å². The second-order valence-corrected chi connectivity index (χ2v) is 6.16. The van der Waals surface area contributed by atoms with Crippen molar-refractivity contribution >= 4 is 17.3 Å². The molecule has 0 saturated carbocycles. The van der Waals surface area contributed by atoms with E-state index in [-0.39, 0.29) is 11.3 Å². The largest absolute Gasteiger partial charge is 0.397 e. The van der Waals surface area contributed by atoms with Crippen LogP contribution in [0.1, 0.15) is 45.0 Å². The van der Waals surface area contributed by atoms with Gasteiger partial charge >= 0.3 is 0 Å². The van der Waals surface area contributed by atoms with Crippen LogP contribution in [0, 0.1) is 11.3 Å². The Labute approximate surface area is 122 Å². The van der Waals surface area contributed by atoms with Crippen LogP contribution in [0.5, 0.6) is 0 Å². The molecule has 0 aliphatic heterocycles. The van der Waals surface area contributed by atoms with Crippen LogP contribution in [0.4, 0.5) is 11.4 Å². The van der Waals surface area contributed by atoms with Gasteiger partial charge in [0.1, 0.15) is 0 Å². The number of anilines is 2. The number of nitrogen functional groups attached to an aromatic ring is 1. The fourth-order valence-corrected chi connectivity index (χ4v) is 1.64. The first kappa shape index (κ1) is 16.3. The predicted octanol–water partition coefficient (Wildman–Crippen LogP) is 3.11. The molecule has 0 aromatic heterocycles. The molecule has 0 unspecified atom stereocenters. The summed E-state index contributed by atoms with van der Waals surface area (Å²) in [6, 6.07) is 5.34. The molecule has 0 atom stereocenters. The predicted molar refractivity (Wildman–Crippen MR) is 86.0 cm³/mol. The van der Waals surface area contributed by atoms with Crippen molar-refractivity contribution in [3.8, 4) is 0 Å². The minimum Gasteiger partial charge on any atom is -0.397 e. The molecule has 1 rings (SSSR count). The Bertz CT molecular complexity index is 467. The van der Waals surface area contributed by atoms with E-state index in [9.17, 15) is 4.79 Å². The molecular formula is C16H27N3O. The third-order valence-electron chi connectivity index (χ3n) is 3.95.